The van der Waals surface area contributed by atoms with Crippen molar-refractivity contribution in [2.45, 2.75) is 24.5 Å². The Morgan fingerprint density at radius 3 is 2.85 bits per heavy atom. The largest absolute Gasteiger partial charge is 0.381 e. The molecule has 110 valence electrons. The van der Waals surface area contributed by atoms with Crippen molar-refractivity contribution in [1.82, 2.24) is 4.90 Å². The quantitative estimate of drug-likeness (QED) is 0.845. The van der Waals surface area contributed by atoms with Crippen LogP contribution in [0.5, 0.6) is 0 Å². The standard InChI is InChI=1S/C16H23NO2S/c1-17(11-14-8-5-9-19-12-14)16(18)15(20)10-13-6-3-2-4-7-13/h2-4,6-7,14-15,20H,5,8-12H2,1H3. The maximum absolute atomic E-state index is 12.3. The van der Waals surface area contributed by atoms with Crippen molar-refractivity contribution in [1.29, 1.82) is 0 Å². The molecule has 2 rings (SSSR count). The summed E-state index contributed by atoms with van der Waals surface area (Å²) in [5.74, 6) is 0.567. The molecule has 0 radical (unpaired) electrons. The number of hydrogen-bond donors (Lipinski definition) is 1. The van der Waals surface area contributed by atoms with Gasteiger partial charge in [0.1, 0.15) is 0 Å². The summed E-state index contributed by atoms with van der Waals surface area (Å²) in [6.45, 7) is 2.40. The van der Waals surface area contributed by atoms with Crippen LogP contribution in [0.2, 0.25) is 0 Å². The van der Waals surface area contributed by atoms with Gasteiger partial charge in [0.2, 0.25) is 5.91 Å². The summed E-state index contributed by atoms with van der Waals surface area (Å²) in [7, 11) is 1.87. The van der Waals surface area contributed by atoms with Gasteiger partial charge in [0.15, 0.2) is 0 Å². The second-order valence-electron chi connectivity index (χ2n) is 5.51. The molecule has 1 heterocycles. The smallest absolute Gasteiger partial charge is 0.235 e. The van der Waals surface area contributed by atoms with E-state index in [1.807, 2.05) is 37.4 Å². The topological polar surface area (TPSA) is 29.5 Å². The van der Waals surface area contributed by atoms with Crippen molar-refractivity contribution < 1.29 is 9.53 Å². The van der Waals surface area contributed by atoms with E-state index in [0.29, 0.717) is 12.3 Å². The van der Waals surface area contributed by atoms with Gasteiger partial charge in [-0.2, -0.15) is 12.6 Å². The van der Waals surface area contributed by atoms with E-state index in [2.05, 4.69) is 12.6 Å². The van der Waals surface area contributed by atoms with Gasteiger partial charge in [-0.1, -0.05) is 30.3 Å². The molecular formula is C16H23NO2S. The van der Waals surface area contributed by atoms with Gasteiger partial charge >= 0.3 is 0 Å². The van der Waals surface area contributed by atoms with Crippen molar-refractivity contribution in [3.63, 3.8) is 0 Å². The molecule has 20 heavy (non-hydrogen) atoms. The average molecular weight is 293 g/mol. The Morgan fingerprint density at radius 2 is 2.20 bits per heavy atom. The van der Waals surface area contributed by atoms with Gasteiger partial charge in [0.05, 0.1) is 11.9 Å². The Morgan fingerprint density at radius 1 is 1.45 bits per heavy atom. The number of rotatable bonds is 5. The zero-order valence-electron chi connectivity index (χ0n) is 12.0. The van der Waals surface area contributed by atoms with Crippen LogP contribution in [0.1, 0.15) is 18.4 Å². The van der Waals surface area contributed by atoms with Crippen molar-refractivity contribution in [2.75, 3.05) is 26.8 Å². The van der Waals surface area contributed by atoms with Crippen molar-refractivity contribution >= 4 is 18.5 Å². The van der Waals surface area contributed by atoms with Crippen LogP contribution in [-0.2, 0) is 16.0 Å². The molecule has 0 spiro atoms. The molecule has 0 N–H and O–H groups in total. The third-order valence-corrected chi connectivity index (χ3v) is 4.12. The van der Waals surface area contributed by atoms with E-state index in [0.717, 1.165) is 38.2 Å². The molecule has 0 aliphatic carbocycles. The molecule has 1 aliphatic rings. The number of benzene rings is 1. The van der Waals surface area contributed by atoms with Gasteiger partial charge in [-0.3, -0.25) is 4.79 Å². The van der Waals surface area contributed by atoms with Gasteiger partial charge in [-0.25, -0.2) is 0 Å². The number of thiol groups is 1. The van der Waals surface area contributed by atoms with Crippen molar-refractivity contribution in [3.8, 4) is 0 Å². The lowest BCUT2D eigenvalue weighted by atomic mass is 10.0. The first-order chi connectivity index (χ1) is 9.66. The van der Waals surface area contributed by atoms with E-state index < -0.39 is 0 Å². The maximum atomic E-state index is 12.3. The van der Waals surface area contributed by atoms with E-state index in [1.165, 1.54) is 0 Å². The van der Waals surface area contributed by atoms with Crippen LogP contribution in [0.15, 0.2) is 30.3 Å². The van der Waals surface area contributed by atoms with E-state index in [-0.39, 0.29) is 11.2 Å². The first kappa shape index (κ1) is 15.4. The molecule has 1 aromatic rings. The Balaban J connectivity index is 1.82. The minimum Gasteiger partial charge on any atom is -0.381 e. The molecule has 0 bridgehead atoms. The molecule has 0 aromatic heterocycles. The van der Waals surface area contributed by atoms with Gasteiger partial charge < -0.3 is 9.64 Å². The summed E-state index contributed by atoms with van der Waals surface area (Å²) >= 11 is 4.47. The number of hydrogen-bond acceptors (Lipinski definition) is 3. The van der Waals surface area contributed by atoms with Crippen LogP contribution in [0.25, 0.3) is 0 Å². The summed E-state index contributed by atoms with van der Waals surface area (Å²) < 4.78 is 5.46. The molecule has 1 aliphatic heterocycles. The Hall–Kier alpha value is -1.00. The fraction of sp³-hybridized carbons (Fsp3) is 0.562. The van der Waals surface area contributed by atoms with Crippen LogP contribution in [-0.4, -0.2) is 42.9 Å². The molecule has 1 saturated heterocycles. The molecule has 4 heteroatoms. The van der Waals surface area contributed by atoms with Crippen LogP contribution < -0.4 is 0 Å². The second-order valence-corrected chi connectivity index (χ2v) is 6.13. The lowest BCUT2D eigenvalue weighted by Gasteiger charge is -2.28. The number of carbonyl (C=O) groups excluding carboxylic acids is 1. The molecule has 0 saturated carbocycles. The maximum Gasteiger partial charge on any atom is 0.235 e. The molecule has 1 amide bonds. The lowest BCUT2D eigenvalue weighted by molar-refractivity contribution is -0.130. The summed E-state index contributed by atoms with van der Waals surface area (Å²) in [4.78, 5) is 14.1. The first-order valence-electron chi connectivity index (χ1n) is 7.21. The Kier molecular flexibility index (Phi) is 5.92. The van der Waals surface area contributed by atoms with Crippen molar-refractivity contribution in [3.05, 3.63) is 35.9 Å². The normalized spacial score (nSPS) is 20.4. The highest BCUT2D eigenvalue weighted by Gasteiger charge is 2.22. The van der Waals surface area contributed by atoms with Gasteiger partial charge in [-0.05, 0) is 30.7 Å². The fourth-order valence-corrected chi connectivity index (χ4v) is 3.02. The Bertz CT molecular complexity index is 418. The van der Waals surface area contributed by atoms with Gasteiger partial charge in [-0.15, -0.1) is 0 Å². The van der Waals surface area contributed by atoms with Crippen LogP contribution in [0.4, 0.5) is 0 Å². The zero-order chi connectivity index (χ0) is 14.4. The summed E-state index contributed by atoms with van der Waals surface area (Å²) in [6, 6.07) is 10.0. The summed E-state index contributed by atoms with van der Waals surface area (Å²) in [5.41, 5.74) is 1.15. The number of carbonyl (C=O) groups is 1. The average Bonchev–Trinajstić information content (AvgIpc) is 2.48. The minimum absolute atomic E-state index is 0.0998. The third-order valence-electron chi connectivity index (χ3n) is 3.72. The van der Waals surface area contributed by atoms with Crippen molar-refractivity contribution in [2.24, 2.45) is 5.92 Å². The highest BCUT2D eigenvalue weighted by molar-refractivity contribution is 7.81. The number of nitrogens with zero attached hydrogens (tertiary/aromatic N) is 1. The fourth-order valence-electron chi connectivity index (χ4n) is 2.61. The summed E-state index contributed by atoms with van der Waals surface area (Å²) in [6.07, 6.45) is 2.92. The third kappa shape index (κ3) is 4.53. The molecular weight excluding hydrogens is 270 g/mol. The molecule has 1 aromatic carbocycles. The van der Waals surface area contributed by atoms with E-state index in [9.17, 15) is 4.79 Å². The number of amides is 1. The highest BCUT2D eigenvalue weighted by Crippen LogP contribution is 2.16. The van der Waals surface area contributed by atoms with Crippen LogP contribution in [0.3, 0.4) is 0 Å². The second kappa shape index (κ2) is 7.70. The predicted octanol–water partition coefficient (Wildman–Crippen LogP) is 2.41. The van der Waals surface area contributed by atoms with E-state index in [4.69, 9.17) is 4.74 Å². The Labute approximate surface area is 126 Å². The van der Waals surface area contributed by atoms with E-state index >= 15 is 0 Å². The predicted molar refractivity (Wildman–Crippen MR) is 84.1 cm³/mol. The summed E-state index contributed by atoms with van der Waals surface area (Å²) in [5, 5.41) is -0.271. The van der Waals surface area contributed by atoms with Gasteiger partial charge in [0, 0.05) is 20.2 Å². The first-order valence-corrected chi connectivity index (χ1v) is 7.73. The molecule has 2 atom stereocenters. The number of ether oxygens (including phenoxy) is 1. The molecule has 1 fully saturated rings. The molecule has 3 nitrogen and oxygen atoms in total. The lowest BCUT2D eigenvalue weighted by Crippen LogP contribution is -2.39. The van der Waals surface area contributed by atoms with E-state index in [1.54, 1.807) is 4.90 Å². The molecule has 2 unspecified atom stereocenters. The minimum atomic E-state index is -0.271. The monoisotopic (exact) mass is 293 g/mol. The SMILES string of the molecule is CN(CC1CCCOC1)C(=O)C(S)Cc1ccccc1. The highest BCUT2D eigenvalue weighted by atomic mass is 32.1. The van der Waals surface area contributed by atoms with Gasteiger partial charge in [0.25, 0.3) is 0 Å². The van der Waals surface area contributed by atoms with Crippen LogP contribution in [0, 0.1) is 5.92 Å². The van der Waals surface area contributed by atoms with Crippen LogP contribution >= 0.6 is 12.6 Å². The zero-order valence-corrected chi connectivity index (χ0v) is 12.9.